The Labute approximate surface area is 164 Å². The van der Waals surface area contributed by atoms with Crippen LogP contribution in [0.1, 0.15) is 16.7 Å². The number of carbonyl (C=O) groups excluding carboxylic acids is 1. The van der Waals surface area contributed by atoms with Crippen molar-refractivity contribution in [3.8, 4) is 0 Å². The van der Waals surface area contributed by atoms with E-state index in [4.69, 9.17) is 9.72 Å². The van der Waals surface area contributed by atoms with Gasteiger partial charge in [-0.2, -0.15) is 4.37 Å². The molecule has 2 aromatic carbocycles. The lowest BCUT2D eigenvalue weighted by atomic mass is 10.1. The van der Waals surface area contributed by atoms with E-state index in [-0.39, 0.29) is 11.9 Å². The van der Waals surface area contributed by atoms with E-state index in [1.807, 2.05) is 47.4 Å². The van der Waals surface area contributed by atoms with Crippen molar-refractivity contribution in [1.82, 2.24) is 14.3 Å². The third kappa shape index (κ3) is 3.12. The average molecular weight is 396 g/mol. The number of fused-ring (bicyclic) bond motifs is 2. The topological polar surface area (TPSA) is 55.3 Å². The Morgan fingerprint density at radius 2 is 1.96 bits per heavy atom. The smallest absolute Gasteiger partial charge is 0.229 e. The second-order valence-electron chi connectivity index (χ2n) is 6.50. The average Bonchev–Trinajstić information content (AvgIpc) is 3.32. The molecular formula is C20H17N3O2S2. The number of nitrogens with zero attached hydrogens (tertiary/aromatic N) is 3. The Balaban J connectivity index is 1.43. The van der Waals surface area contributed by atoms with Crippen LogP contribution in [0, 0.1) is 0 Å². The van der Waals surface area contributed by atoms with Crippen LogP contribution in [0.5, 0.6) is 0 Å². The summed E-state index contributed by atoms with van der Waals surface area (Å²) in [7, 11) is 0. The third-order valence-electron chi connectivity index (χ3n) is 4.82. The number of rotatable bonds is 3. The van der Waals surface area contributed by atoms with Crippen LogP contribution in [0.15, 0.2) is 48.5 Å². The van der Waals surface area contributed by atoms with E-state index in [0.717, 1.165) is 31.0 Å². The normalized spacial score (nSPS) is 17.6. The van der Waals surface area contributed by atoms with Crippen LogP contribution in [0.3, 0.4) is 0 Å². The maximum atomic E-state index is 13.1. The molecule has 136 valence electrons. The summed E-state index contributed by atoms with van der Waals surface area (Å²) in [5, 5.41) is 2.01. The minimum atomic E-state index is -0.131. The minimum Gasteiger partial charge on any atom is -0.377 e. The molecule has 0 bridgehead atoms. The van der Waals surface area contributed by atoms with Crippen molar-refractivity contribution in [1.29, 1.82) is 0 Å². The van der Waals surface area contributed by atoms with Gasteiger partial charge >= 0.3 is 0 Å². The second-order valence-corrected chi connectivity index (χ2v) is 8.37. The summed E-state index contributed by atoms with van der Waals surface area (Å²) in [5.74, 6) is 0.0820. The first-order chi connectivity index (χ1) is 13.3. The number of morpholine rings is 1. The van der Waals surface area contributed by atoms with E-state index in [1.54, 1.807) is 11.3 Å². The molecule has 0 aliphatic carbocycles. The van der Waals surface area contributed by atoms with Crippen LogP contribution >= 0.6 is 22.9 Å². The second kappa shape index (κ2) is 6.99. The molecule has 1 saturated heterocycles. The van der Waals surface area contributed by atoms with Crippen LogP contribution in [0.4, 0.5) is 0 Å². The summed E-state index contributed by atoms with van der Waals surface area (Å²) in [5.41, 5.74) is 1.83. The quantitative estimate of drug-likeness (QED) is 0.525. The molecule has 0 spiro atoms. The molecule has 0 saturated carbocycles. The fourth-order valence-corrected chi connectivity index (χ4v) is 5.31. The van der Waals surface area contributed by atoms with Crippen LogP contribution in [0.2, 0.25) is 0 Å². The summed E-state index contributed by atoms with van der Waals surface area (Å²) in [4.78, 5) is 19.8. The molecule has 5 rings (SSSR count). The molecule has 27 heavy (non-hydrogen) atoms. The van der Waals surface area contributed by atoms with Gasteiger partial charge in [-0.05, 0) is 29.7 Å². The number of hydrogen-bond acceptors (Lipinski definition) is 6. The highest BCUT2D eigenvalue weighted by Gasteiger charge is 2.31. The Kier molecular flexibility index (Phi) is 4.35. The van der Waals surface area contributed by atoms with Crippen LogP contribution in [0.25, 0.3) is 20.3 Å². The standard InChI is InChI=1S/C20H17N3O2S2/c24-19(11-15-13-5-1-3-7-17(13)27-22-15)23-9-10-25-12-16(23)20-21-14-6-2-4-8-18(14)26-20/h1-8,16H,9-12H2. The molecule has 2 aromatic heterocycles. The number of ether oxygens (including phenoxy) is 1. The molecule has 0 radical (unpaired) electrons. The van der Waals surface area contributed by atoms with Crippen molar-refractivity contribution in [2.45, 2.75) is 12.5 Å². The van der Waals surface area contributed by atoms with Crippen LogP contribution in [-0.2, 0) is 16.0 Å². The van der Waals surface area contributed by atoms with Gasteiger partial charge in [-0.15, -0.1) is 11.3 Å². The van der Waals surface area contributed by atoms with Crippen molar-refractivity contribution >= 4 is 49.1 Å². The number of hydrogen-bond donors (Lipinski definition) is 0. The Bertz CT molecular complexity index is 1090. The predicted octanol–water partition coefficient (Wildman–Crippen LogP) is 4.05. The number of amides is 1. The summed E-state index contributed by atoms with van der Waals surface area (Å²) in [6.45, 7) is 1.63. The molecule has 0 N–H and O–H groups in total. The number of thiazole rings is 1. The number of aromatic nitrogens is 2. The van der Waals surface area contributed by atoms with Gasteiger partial charge in [0, 0.05) is 11.9 Å². The van der Waals surface area contributed by atoms with Gasteiger partial charge in [-0.3, -0.25) is 4.79 Å². The lowest BCUT2D eigenvalue weighted by Crippen LogP contribution is -2.44. The molecule has 7 heteroatoms. The van der Waals surface area contributed by atoms with Gasteiger partial charge in [0.1, 0.15) is 11.0 Å². The maximum Gasteiger partial charge on any atom is 0.229 e. The molecule has 1 unspecified atom stereocenters. The van der Waals surface area contributed by atoms with Crippen LogP contribution in [-0.4, -0.2) is 39.9 Å². The highest BCUT2D eigenvalue weighted by molar-refractivity contribution is 7.18. The van der Waals surface area contributed by atoms with Gasteiger partial charge in [-0.1, -0.05) is 30.3 Å². The van der Waals surface area contributed by atoms with Crippen molar-refractivity contribution in [3.63, 3.8) is 0 Å². The maximum absolute atomic E-state index is 13.1. The summed E-state index contributed by atoms with van der Waals surface area (Å²) in [6, 6.07) is 16.0. The lowest BCUT2D eigenvalue weighted by molar-refractivity contribution is -0.139. The first-order valence-electron chi connectivity index (χ1n) is 8.85. The summed E-state index contributed by atoms with van der Waals surface area (Å²) >= 11 is 3.08. The van der Waals surface area contributed by atoms with E-state index >= 15 is 0 Å². The molecule has 1 aliphatic heterocycles. The third-order valence-corrected chi connectivity index (χ3v) is 6.82. The highest BCUT2D eigenvalue weighted by Crippen LogP contribution is 2.32. The van der Waals surface area contributed by atoms with E-state index in [2.05, 4.69) is 10.4 Å². The first kappa shape index (κ1) is 16.8. The Morgan fingerprint density at radius 1 is 1.15 bits per heavy atom. The Morgan fingerprint density at radius 3 is 2.85 bits per heavy atom. The van der Waals surface area contributed by atoms with Gasteiger partial charge in [0.25, 0.3) is 0 Å². The van der Waals surface area contributed by atoms with Crippen molar-refractivity contribution in [2.24, 2.45) is 0 Å². The molecule has 3 heterocycles. The van der Waals surface area contributed by atoms with Gasteiger partial charge in [0.05, 0.1) is 40.2 Å². The molecule has 5 nitrogen and oxygen atoms in total. The molecule has 4 aromatic rings. The van der Waals surface area contributed by atoms with Crippen LogP contribution < -0.4 is 0 Å². The van der Waals surface area contributed by atoms with Gasteiger partial charge in [0.15, 0.2) is 0 Å². The van der Waals surface area contributed by atoms with Crippen molar-refractivity contribution in [2.75, 3.05) is 19.8 Å². The number of benzene rings is 2. The fraction of sp³-hybridized carbons (Fsp3) is 0.250. The van der Waals surface area contributed by atoms with Gasteiger partial charge in [-0.25, -0.2) is 4.98 Å². The zero-order chi connectivity index (χ0) is 18.2. The summed E-state index contributed by atoms with van der Waals surface area (Å²) < 4.78 is 12.4. The van der Waals surface area contributed by atoms with E-state index < -0.39 is 0 Å². The summed E-state index contributed by atoms with van der Waals surface area (Å²) in [6.07, 6.45) is 0.311. The molecule has 1 aliphatic rings. The van der Waals surface area contributed by atoms with Gasteiger partial charge < -0.3 is 9.64 Å². The molecule has 1 atom stereocenters. The molecule has 1 amide bonds. The van der Waals surface area contributed by atoms with E-state index in [0.29, 0.717) is 26.2 Å². The monoisotopic (exact) mass is 395 g/mol. The van der Waals surface area contributed by atoms with E-state index in [1.165, 1.54) is 11.5 Å². The van der Waals surface area contributed by atoms with Crippen molar-refractivity contribution < 1.29 is 9.53 Å². The predicted molar refractivity (Wildman–Crippen MR) is 108 cm³/mol. The highest BCUT2D eigenvalue weighted by atomic mass is 32.1. The lowest BCUT2D eigenvalue weighted by Gasteiger charge is -2.34. The number of para-hydroxylation sites is 1. The minimum absolute atomic E-state index is 0.0820. The molecule has 1 fully saturated rings. The Hall–Kier alpha value is -2.35. The zero-order valence-electron chi connectivity index (χ0n) is 14.5. The largest absolute Gasteiger partial charge is 0.377 e. The van der Waals surface area contributed by atoms with Crippen molar-refractivity contribution in [3.05, 3.63) is 59.2 Å². The molecular weight excluding hydrogens is 378 g/mol. The van der Waals surface area contributed by atoms with Gasteiger partial charge in [0.2, 0.25) is 5.91 Å². The zero-order valence-corrected chi connectivity index (χ0v) is 16.1. The van der Waals surface area contributed by atoms with E-state index in [9.17, 15) is 4.79 Å². The SMILES string of the molecule is O=C(Cc1nsc2ccccc12)N1CCOCC1c1nc2ccccc2s1. The fourth-order valence-electron chi connectivity index (χ4n) is 3.45. The first-order valence-corrected chi connectivity index (χ1v) is 10.4. The number of carbonyl (C=O) groups is 1.